The van der Waals surface area contributed by atoms with Gasteiger partial charge in [-0.05, 0) is 128 Å². The Morgan fingerprint density at radius 3 is 1.87 bits per heavy atom. The number of aryl methyl sites for hydroxylation is 2. The summed E-state index contributed by atoms with van der Waals surface area (Å²) in [7, 11) is -3.80. The normalized spacial score (nSPS) is 13.9. The topological polar surface area (TPSA) is 37.4 Å². The van der Waals surface area contributed by atoms with Crippen LogP contribution >= 0.6 is 0 Å². The lowest BCUT2D eigenvalue weighted by atomic mass is 9.33. The Bertz CT molecular complexity index is 3030. The first kappa shape index (κ1) is 32.0. The molecule has 5 heteroatoms. The summed E-state index contributed by atoms with van der Waals surface area (Å²) in [5.74, 6) is 0. The number of fused-ring (bicyclic) bond motifs is 13. The highest BCUT2D eigenvalue weighted by Crippen LogP contribution is 2.50. The van der Waals surface area contributed by atoms with Gasteiger partial charge < -0.3 is 4.90 Å². The van der Waals surface area contributed by atoms with Gasteiger partial charge in [0.15, 0.2) is 0 Å². The van der Waals surface area contributed by atoms with Crippen molar-refractivity contribution in [2.75, 3.05) is 4.90 Å². The summed E-state index contributed by atoms with van der Waals surface area (Å²) in [6, 6.07) is 59.7. The van der Waals surface area contributed by atoms with Crippen molar-refractivity contribution in [3.05, 3.63) is 181 Å². The van der Waals surface area contributed by atoms with Gasteiger partial charge in [0.05, 0.1) is 21.2 Å². The van der Waals surface area contributed by atoms with E-state index in [0.29, 0.717) is 15.5 Å². The van der Waals surface area contributed by atoms with E-state index in [2.05, 4.69) is 152 Å². The van der Waals surface area contributed by atoms with Crippen molar-refractivity contribution in [3.8, 4) is 55.6 Å². The summed E-state index contributed by atoms with van der Waals surface area (Å²) >= 11 is 0. The molecule has 3 aliphatic rings. The third kappa shape index (κ3) is 4.66. The molecule has 4 bridgehead atoms. The van der Waals surface area contributed by atoms with Crippen LogP contribution in [0, 0.1) is 13.8 Å². The average molecular weight is 724 g/mol. The Morgan fingerprint density at radius 1 is 0.455 bits per heavy atom. The molecule has 11 rings (SSSR count). The van der Waals surface area contributed by atoms with E-state index in [0.717, 1.165) is 72.3 Å². The summed E-state index contributed by atoms with van der Waals surface area (Å²) < 4.78 is 29.1. The number of rotatable bonds is 2. The van der Waals surface area contributed by atoms with Crippen LogP contribution in [0.15, 0.2) is 180 Å². The van der Waals surface area contributed by atoms with Gasteiger partial charge in [-0.25, -0.2) is 8.42 Å². The quantitative estimate of drug-likeness (QED) is 0.167. The van der Waals surface area contributed by atoms with Gasteiger partial charge in [0, 0.05) is 5.69 Å². The van der Waals surface area contributed by atoms with E-state index >= 15 is 0 Å². The Morgan fingerprint density at radius 2 is 1.09 bits per heavy atom. The van der Waals surface area contributed by atoms with Gasteiger partial charge in [0.1, 0.15) is 0 Å². The monoisotopic (exact) mass is 723 g/mol. The molecule has 8 aromatic carbocycles. The maximum absolute atomic E-state index is 14.5. The molecule has 3 nitrogen and oxygen atoms in total. The molecule has 0 aliphatic carbocycles. The molecule has 0 unspecified atom stereocenters. The number of sulfone groups is 1. The lowest BCUT2D eigenvalue weighted by Gasteiger charge is -2.42. The van der Waals surface area contributed by atoms with E-state index in [1.54, 1.807) is 12.1 Å². The third-order valence-corrected chi connectivity index (χ3v) is 13.6. The highest BCUT2D eigenvalue weighted by molar-refractivity contribution is 7.92. The SMILES string of the molecule is Cc1cc(C)c2c(c1)-c1cccc(c1)-c1cc(-c3ccccc3)cc(-c3ccccc3)c1B1c3cc-2ccc3N2c3ccccc3S(=O)(=O)c3cccc1c32. The maximum Gasteiger partial charge on any atom is 0.248 e. The van der Waals surface area contributed by atoms with E-state index in [-0.39, 0.29) is 6.71 Å². The van der Waals surface area contributed by atoms with Gasteiger partial charge in [-0.1, -0.05) is 138 Å². The van der Waals surface area contributed by atoms with Crippen LogP contribution in [0.5, 0.6) is 0 Å². The van der Waals surface area contributed by atoms with E-state index in [9.17, 15) is 8.42 Å². The fourth-order valence-electron chi connectivity index (χ4n) is 9.50. The standard InChI is InChI=1S/C50H34BNO2S/c1-31-25-32(2)48-37-23-24-44-43(30-37)51(42-19-12-22-47-50(42)52(44)45-20-9-10-21-46(45)55(47,53)54)49-40(34-15-7-4-8-16-34)28-38(33-13-5-3-6-14-33)29-41(49)36-18-11-17-35(27-36)39(48)26-31/h3-30H,1-2H3. The fraction of sp³-hybridized carbons (Fsp3) is 0.0400. The third-order valence-electron chi connectivity index (χ3n) is 11.7. The zero-order valence-corrected chi connectivity index (χ0v) is 31.2. The number of para-hydroxylation sites is 2. The summed E-state index contributed by atoms with van der Waals surface area (Å²) in [5.41, 5.74) is 19.6. The van der Waals surface area contributed by atoms with Crippen LogP contribution in [-0.2, 0) is 9.84 Å². The summed E-state index contributed by atoms with van der Waals surface area (Å²) in [5, 5.41) is 0. The van der Waals surface area contributed by atoms with E-state index < -0.39 is 9.84 Å². The fourth-order valence-corrected chi connectivity index (χ4v) is 11.2. The number of hydrogen-bond donors (Lipinski definition) is 0. The number of hydrogen-bond acceptors (Lipinski definition) is 3. The van der Waals surface area contributed by atoms with Gasteiger partial charge in [0.25, 0.3) is 0 Å². The molecule has 0 N–H and O–H groups in total. The van der Waals surface area contributed by atoms with Crippen molar-refractivity contribution in [2.45, 2.75) is 23.6 Å². The summed E-state index contributed by atoms with van der Waals surface area (Å²) in [6.45, 7) is 4.09. The largest absolute Gasteiger partial charge is 0.309 e. The molecule has 3 aliphatic heterocycles. The van der Waals surface area contributed by atoms with Crippen molar-refractivity contribution >= 4 is 50.0 Å². The molecule has 0 amide bonds. The first-order valence-electron chi connectivity index (χ1n) is 18.8. The molecular weight excluding hydrogens is 689 g/mol. The van der Waals surface area contributed by atoms with E-state index in [1.807, 2.05) is 24.3 Å². The Kier molecular flexibility index (Phi) is 6.87. The predicted molar refractivity (Wildman–Crippen MR) is 228 cm³/mol. The van der Waals surface area contributed by atoms with Crippen LogP contribution < -0.4 is 21.3 Å². The van der Waals surface area contributed by atoms with Gasteiger partial charge in [0.2, 0.25) is 16.6 Å². The van der Waals surface area contributed by atoms with Gasteiger partial charge in [-0.15, -0.1) is 0 Å². The Hall–Kier alpha value is -6.43. The van der Waals surface area contributed by atoms with Crippen molar-refractivity contribution in [2.24, 2.45) is 0 Å². The highest BCUT2D eigenvalue weighted by Gasteiger charge is 2.45. The molecule has 260 valence electrons. The predicted octanol–water partition coefficient (Wildman–Crippen LogP) is 10.4. The minimum Gasteiger partial charge on any atom is -0.309 e. The number of anilines is 3. The Balaban J connectivity index is 1.36. The first-order chi connectivity index (χ1) is 26.9. The minimum atomic E-state index is -3.80. The lowest BCUT2D eigenvalue weighted by molar-refractivity contribution is 0.595. The lowest BCUT2D eigenvalue weighted by Crippen LogP contribution is -2.59. The van der Waals surface area contributed by atoms with Gasteiger partial charge >= 0.3 is 0 Å². The molecule has 0 atom stereocenters. The molecule has 0 aromatic heterocycles. The van der Waals surface area contributed by atoms with Crippen LogP contribution in [-0.4, -0.2) is 15.1 Å². The molecular formula is C50H34BNO2S. The molecule has 55 heavy (non-hydrogen) atoms. The van der Waals surface area contributed by atoms with Crippen molar-refractivity contribution in [1.82, 2.24) is 0 Å². The molecule has 3 heterocycles. The Labute approximate surface area is 322 Å². The van der Waals surface area contributed by atoms with Gasteiger partial charge in [-0.2, -0.15) is 0 Å². The number of benzene rings is 8. The minimum absolute atomic E-state index is 0.299. The van der Waals surface area contributed by atoms with Crippen LogP contribution in [0.2, 0.25) is 0 Å². The molecule has 0 radical (unpaired) electrons. The second-order valence-corrected chi connectivity index (χ2v) is 16.9. The maximum atomic E-state index is 14.5. The molecule has 8 aromatic rings. The zero-order chi connectivity index (χ0) is 37.0. The van der Waals surface area contributed by atoms with Crippen molar-refractivity contribution in [1.29, 1.82) is 0 Å². The molecule has 0 fully saturated rings. The summed E-state index contributed by atoms with van der Waals surface area (Å²) in [4.78, 5) is 2.88. The van der Waals surface area contributed by atoms with Crippen LogP contribution in [0.3, 0.4) is 0 Å². The van der Waals surface area contributed by atoms with E-state index in [1.165, 1.54) is 22.3 Å². The van der Waals surface area contributed by atoms with Gasteiger partial charge in [-0.3, -0.25) is 0 Å². The van der Waals surface area contributed by atoms with E-state index in [4.69, 9.17) is 0 Å². The van der Waals surface area contributed by atoms with Crippen molar-refractivity contribution < 1.29 is 8.42 Å². The van der Waals surface area contributed by atoms with Crippen LogP contribution in [0.25, 0.3) is 55.6 Å². The number of nitrogens with zero attached hydrogens (tertiary/aromatic N) is 1. The average Bonchev–Trinajstić information content (AvgIpc) is 3.23. The smallest absolute Gasteiger partial charge is 0.248 e. The second kappa shape index (κ2) is 11.8. The van der Waals surface area contributed by atoms with Crippen molar-refractivity contribution in [3.63, 3.8) is 0 Å². The summed E-state index contributed by atoms with van der Waals surface area (Å²) in [6.07, 6.45) is 0. The van der Waals surface area contributed by atoms with Crippen LogP contribution in [0.4, 0.5) is 17.1 Å². The zero-order valence-electron chi connectivity index (χ0n) is 30.4. The molecule has 0 spiro atoms. The first-order valence-corrected chi connectivity index (χ1v) is 20.3. The van der Waals surface area contributed by atoms with Crippen LogP contribution in [0.1, 0.15) is 11.1 Å². The molecule has 0 saturated carbocycles. The highest BCUT2D eigenvalue weighted by atomic mass is 32.2. The second-order valence-electron chi connectivity index (χ2n) is 15.0. The molecule has 0 saturated heterocycles.